The second kappa shape index (κ2) is 6.33. The van der Waals surface area contributed by atoms with Gasteiger partial charge in [0.1, 0.15) is 11.0 Å². The van der Waals surface area contributed by atoms with Gasteiger partial charge in [0, 0.05) is 17.5 Å². The largest absolute Gasteiger partial charge is 0.480 e. The van der Waals surface area contributed by atoms with Crippen molar-refractivity contribution in [2.24, 2.45) is 5.73 Å². The van der Waals surface area contributed by atoms with Crippen molar-refractivity contribution in [3.8, 4) is 0 Å². The highest BCUT2D eigenvalue weighted by atomic mass is 32.2. The molecule has 7 nitrogen and oxygen atoms in total. The Bertz CT molecular complexity index is 682. The maximum Gasteiger partial charge on any atom is 0.320 e. The van der Waals surface area contributed by atoms with Crippen molar-refractivity contribution in [1.29, 1.82) is 0 Å². The van der Waals surface area contributed by atoms with Crippen molar-refractivity contribution in [3.63, 3.8) is 0 Å². The zero-order valence-electron chi connectivity index (χ0n) is 10.8. The first-order valence-electron chi connectivity index (χ1n) is 5.90. The second-order valence-corrected chi connectivity index (χ2v) is 6.36. The molecule has 9 heteroatoms. The van der Waals surface area contributed by atoms with Gasteiger partial charge >= 0.3 is 5.97 Å². The van der Waals surface area contributed by atoms with Crippen LogP contribution in [0.5, 0.6) is 0 Å². The van der Waals surface area contributed by atoms with E-state index in [0.717, 1.165) is 5.01 Å². The molecule has 0 saturated heterocycles. The molecule has 2 rings (SSSR count). The Kier molecular flexibility index (Phi) is 4.73. The Hall–Kier alpha value is -1.45. The normalized spacial score (nSPS) is 12.7. The molecule has 0 saturated carbocycles. The van der Waals surface area contributed by atoms with E-state index in [2.05, 4.69) is 10.1 Å². The van der Waals surface area contributed by atoms with E-state index in [0.29, 0.717) is 28.6 Å². The minimum Gasteiger partial charge on any atom is -0.480 e. The number of hydrogen-bond donors (Lipinski definition) is 2. The van der Waals surface area contributed by atoms with Gasteiger partial charge in [-0.2, -0.15) is 21.4 Å². The van der Waals surface area contributed by atoms with E-state index in [9.17, 15) is 9.59 Å². The summed E-state index contributed by atoms with van der Waals surface area (Å²) in [6.45, 7) is 1.77. The number of aliphatic carboxylic acids is 1. The van der Waals surface area contributed by atoms with Gasteiger partial charge in [0.25, 0.3) is 5.56 Å². The molecule has 2 aromatic rings. The van der Waals surface area contributed by atoms with Crippen LogP contribution in [0.1, 0.15) is 17.1 Å². The SMILES string of the molecule is Cc1cc(=O)n2nc(CSCCC(N)C(=O)O)sc2n1. The van der Waals surface area contributed by atoms with Gasteiger partial charge < -0.3 is 10.8 Å². The number of nitrogens with zero attached hydrogens (tertiary/aromatic N) is 3. The topological polar surface area (TPSA) is 111 Å². The van der Waals surface area contributed by atoms with Crippen molar-refractivity contribution >= 4 is 34.0 Å². The van der Waals surface area contributed by atoms with E-state index in [-0.39, 0.29) is 5.56 Å². The van der Waals surface area contributed by atoms with E-state index in [1.807, 2.05) is 0 Å². The van der Waals surface area contributed by atoms with Crippen molar-refractivity contribution in [3.05, 3.63) is 27.1 Å². The Balaban J connectivity index is 1.96. The summed E-state index contributed by atoms with van der Waals surface area (Å²) in [4.78, 5) is 27.1. The first-order valence-corrected chi connectivity index (χ1v) is 7.87. The van der Waals surface area contributed by atoms with E-state index >= 15 is 0 Å². The Morgan fingerprint density at radius 1 is 1.65 bits per heavy atom. The van der Waals surface area contributed by atoms with Crippen molar-refractivity contribution in [1.82, 2.24) is 14.6 Å². The molecule has 0 aliphatic heterocycles. The molecule has 108 valence electrons. The number of thioether (sulfide) groups is 1. The predicted molar refractivity (Wildman–Crippen MR) is 78.3 cm³/mol. The van der Waals surface area contributed by atoms with E-state index < -0.39 is 12.0 Å². The number of rotatable bonds is 6. The number of carboxylic acids is 1. The first-order chi connectivity index (χ1) is 9.47. The minimum atomic E-state index is -0.989. The van der Waals surface area contributed by atoms with Gasteiger partial charge in [-0.1, -0.05) is 11.3 Å². The van der Waals surface area contributed by atoms with Crippen LogP contribution < -0.4 is 11.3 Å². The van der Waals surface area contributed by atoms with Gasteiger partial charge in [-0.25, -0.2) is 4.98 Å². The smallest absolute Gasteiger partial charge is 0.320 e. The number of hydrogen-bond acceptors (Lipinski definition) is 7. The van der Waals surface area contributed by atoms with Crippen molar-refractivity contribution in [2.45, 2.75) is 25.1 Å². The van der Waals surface area contributed by atoms with Crippen molar-refractivity contribution < 1.29 is 9.90 Å². The molecule has 0 aliphatic rings. The molecule has 0 bridgehead atoms. The van der Waals surface area contributed by atoms with Gasteiger partial charge in [0.05, 0.1) is 0 Å². The van der Waals surface area contributed by atoms with E-state index in [1.165, 1.54) is 33.7 Å². The fraction of sp³-hybridized carbons (Fsp3) is 0.455. The highest BCUT2D eigenvalue weighted by Gasteiger charge is 2.11. The molecule has 0 amide bonds. The van der Waals surface area contributed by atoms with Crippen molar-refractivity contribution in [2.75, 3.05) is 5.75 Å². The van der Waals surface area contributed by atoms with E-state index in [4.69, 9.17) is 10.8 Å². The number of aryl methyl sites for hydroxylation is 1. The third-order valence-corrected chi connectivity index (χ3v) is 4.62. The average Bonchev–Trinajstić information content (AvgIpc) is 2.77. The summed E-state index contributed by atoms with van der Waals surface area (Å²) in [6, 6.07) is 0.611. The van der Waals surface area contributed by atoms with Crippen LogP contribution >= 0.6 is 23.1 Å². The highest BCUT2D eigenvalue weighted by molar-refractivity contribution is 7.98. The molecule has 1 unspecified atom stereocenters. The van der Waals surface area contributed by atoms with Crippen LogP contribution in [-0.2, 0) is 10.5 Å². The Morgan fingerprint density at radius 2 is 2.40 bits per heavy atom. The maximum absolute atomic E-state index is 11.7. The van der Waals surface area contributed by atoms with Crippen LogP contribution in [-0.4, -0.2) is 37.5 Å². The molecule has 2 aromatic heterocycles. The fourth-order valence-corrected chi connectivity index (χ4v) is 3.53. The molecular weight excluding hydrogens is 300 g/mol. The standard InChI is InChI=1S/C11H14N4O3S2/c1-6-4-9(16)15-11(13-6)20-8(14-15)5-19-3-2-7(12)10(17)18/h4,7H,2-3,5,12H2,1H3,(H,17,18). The molecule has 0 aliphatic carbocycles. The van der Waals surface area contributed by atoms with Crippen LogP contribution in [0, 0.1) is 6.92 Å². The molecule has 0 fully saturated rings. The average molecular weight is 314 g/mol. The summed E-state index contributed by atoms with van der Waals surface area (Å²) < 4.78 is 1.29. The molecule has 2 heterocycles. The zero-order valence-corrected chi connectivity index (χ0v) is 12.4. The molecule has 3 N–H and O–H groups in total. The summed E-state index contributed by atoms with van der Waals surface area (Å²) in [5, 5.41) is 13.6. The van der Waals surface area contributed by atoms with Gasteiger partial charge in [0.2, 0.25) is 4.96 Å². The Labute approximate surface area is 122 Å². The number of carbonyl (C=O) groups is 1. The molecule has 0 radical (unpaired) electrons. The lowest BCUT2D eigenvalue weighted by Gasteiger charge is -2.04. The van der Waals surface area contributed by atoms with Gasteiger partial charge in [-0.15, -0.1) is 0 Å². The molecule has 0 aromatic carbocycles. The number of aromatic nitrogens is 3. The molecule has 20 heavy (non-hydrogen) atoms. The lowest BCUT2D eigenvalue weighted by atomic mass is 10.2. The van der Waals surface area contributed by atoms with Crippen LogP contribution in [0.2, 0.25) is 0 Å². The minimum absolute atomic E-state index is 0.187. The third-order valence-electron chi connectivity index (χ3n) is 2.53. The van der Waals surface area contributed by atoms with Gasteiger partial charge in [-0.05, 0) is 19.1 Å². The lowest BCUT2D eigenvalue weighted by Crippen LogP contribution is -2.30. The zero-order chi connectivity index (χ0) is 14.7. The summed E-state index contributed by atoms with van der Waals surface area (Å²) in [5.41, 5.74) is 5.90. The maximum atomic E-state index is 11.7. The van der Waals surface area contributed by atoms with Crippen LogP contribution in [0.3, 0.4) is 0 Å². The van der Waals surface area contributed by atoms with Gasteiger partial charge in [-0.3, -0.25) is 9.59 Å². The molecular formula is C11H14N4O3S2. The summed E-state index contributed by atoms with van der Waals surface area (Å²) >= 11 is 2.90. The lowest BCUT2D eigenvalue weighted by molar-refractivity contribution is -0.138. The highest BCUT2D eigenvalue weighted by Crippen LogP contribution is 2.18. The van der Waals surface area contributed by atoms with Crippen LogP contribution in [0.15, 0.2) is 10.9 Å². The number of nitrogens with two attached hydrogens (primary N) is 1. The predicted octanol–water partition coefficient (Wildman–Crippen LogP) is 0.495. The summed E-state index contributed by atoms with van der Waals surface area (Å²) in [5.74, 6) is 0.251. The van der Waals surface area contributed by atoms with Crippen LogP contribution in [0.4, 0.5) is 0 Å². The quantitative estimate of drug-likeness (QED) is 0.747. The third kappa shape index (κ3) is 3.56. The summed E-state index contributed by atoms with van der Waals surface area (Å²) in [6.07, 6.45) is 0.405. The number of fused-ring (bicyclic) bond motifs is 1. The Morgan fingerprint density at radius 3 is 3.10 bits per heavy atom. The van der Waals surface area contributed by atoms with Crippen LogP contribution in [0.25, 0.3) is 4.96 Å². The fourth-order valence-electron chi connectivity index (χ4n) is 1.51. The monoisotopic (exact) mass is 314 g/mol. The number of carboxylic acid groups (broad SMARTS) is 1. The van der Waals surface area contributed by atoms with E-state index in [1.54, 1.807) is 6.92 Å². The first kappa shape index (κ1) is 14.9. The second-order valence-electron chi connectivity index (χ2n) is 4.21. The molecule has 0 spiro atoms. The van der Waals surface area contributed by atoms with Gasteiger partial charge in [0.15, 0.2) is 0 Å². The summed E-state index contributed by atoms with van der Waals surface area (Å²) in [7, 11) is 0. The molecule has 1 atom stereocenters.